The Balaban J connectivity index is 1.99. The van der Waals surface area contributed by atoms with Crippen molar-refractivity contribution in [1.29, 1.82) is 0 Å². The molecular formula is C14H20O2. The van der Waals surface area contributed by atoms with E-state index in [0.717, 1.165) is 12.8 Å². The van der Waals surface area contributed by atoms with Gasteiger partial charge in [0.05, 0.1) is 0 Å². The molecule has 0 aromatic heterocycles. The quantitative estimate of drug-likeness (QED) is 0.628. The predicted molar refractivity (Wildman–Crippen MR) is 61.1 cm³/mol. The summed E-state index contributed by atoms with van der Waals surface area (Å²) in [5.41, 5.74) is 0.198. The molecular weight excluding hydrogens is 200 g/mol. The Morgan fingerprint density at radius 1 is 0.625 bits per heavy atom. The molecule has 16 heavy (non-hydrogen) atoms. The van der Waals surface area contributed by atoms with Gasteiger partial charge in [0.1, 0.15) is 11.6 Å². The Hall–Kier alpha value is -0.660. The van der Waals surface area contributed by atoms with Crippen LogP contribution in [0.25, 0.3) is 0 Å². The number of hydrogen-bond acceptors (Lipinski definition) is 2. The summed E-state index contributed by atoms with van der Waals surface area (Å²) in [6.07, 6.45) is 10.1. The Morgan fingerprint density at radius 3 is 1.38 bits per heavy atom. The number of Topliss-reactive ketones (excluding diaryl/α,β-unsaturated/α-hetero) is 2. The monoisotopic (exact) mass is 220 g/mol. The maximum Gasteiger partial charge on any atom is 0.134 e. The van der Waals surface area contributed by atoms with Crippen molar-refractivity contribution in [2.75, 3.05) is 0 Å². The standard InChI is InChI=1S/C14H20O2/c15-11-7-13-5-3-1-2-4-6-14(13,9-11)10-12(16)8-13/h1-10H2. The van der Waals surface area contributed by atoms with E-state index in [9.17, 15) is 9.59 Å². The van der Waals surface area contributed by atoms with Crippen LogP contribution < -0.4 is 0 Å². The van der Waals surface area contributed by atoms with E-state index in [-0.39, 0.29) is 10.8 Å². The van der Waals surface area contributed by atoms with Gasteiger partial charge in [-0.15, -0.1) is 0 Å². The van der Waals surface area contributed by atoms with Gasteiger partial charge < -0.3 is 0 Å². The second-order valence-corrected chi connectivity index (χ2v) is 6.26. The van der Waals surface area contributed by atoms with Crippen LogP contribution in [0.2, 0.25) is 0 Å². The van der Waals surface area contributed by atoms with Gasteiger partial charge in [0.2, 0.25) is 0 Å². The number of rotatable bonds is 0. The summed E-state index contributed by atoms with van der Waals surface area (Å²) in [4.78, 5) is 23.7. The summed E-state index contributed by atoms with van der Waals surface area (Å²) in [5.74, 6) is 0.851. The molecule has 0 radical (unpaired) electrons. The number of carbonyl (C=O) groups excluding carboxylic acids is 2. The van der Waals surface area contributed by atoms with E-state index >= 15 is 0 Å². The highest BCUT2D eigenvalue weighted by atomic mass is 16.1. The first kappa shape index (κ1) is 10.5. The SMILES string of the molecule is O=C1CC23CCCCCCC2(C1)CC(=O)C3. The van der Waals surface area contributed by atoms with Crippen molar-refractivity contribution in [2.45, 2.75) is 64.2 Å². The van der Waals surface area contributed by atoms with Gasteiger partial charge >= 0.3 is 0 Å². The number of carbonyl (C=O) groups is 2. The Morgan fingerprint density at radius 2 is 1.00 bits per heavy atom. The van der Waals surface area contributed by atoms with Crippen molar-refractivity contribution in [3.8, 4) is 0 Å². The van der Waals surface area contributed by atoms with Crippen LogP contribution in [-0.2, 0) is 9.59 Å². The van der Waals surface area contributed by atoms with E-state index in [4.69, 9.17) is 0 Å². The fourth-order valence-electron chi connectivity index (χ4n) is 4.67. The van der Waals surface area contributed by atoms with Gasteiger partial charge in [-0.25, -0.2) is 0 Å². The van der Waals surface area contributed by atoms with Crippen LogP contribution in [0.4, 0.5) is 0 Å². The second kappa shape index (κ2) is 3.41. The molecule has 0 aliphatic heterocycles. The summed E-state index contributed by atoms with van der Waals surface area (Å²) in [6, 6.07) is 0. The third kappa shape index (κ3) is 1.31. The molecule has 0 atom stereocenters. The minimum Gasteiger partial charge on any atom is -0.300 e. The Labute approximate surface area is 96.8 Å². The highest BCUT2D eigenvalue weighted by molar-refractivity contribution is 5.91. The van der Waals surface area contributed by atoms with Gasteiger partial charge in [0.15, 0.2) is 0 Å². The van der Waals surface area contributed by atoms with E-state index in [1.54, 1.807) is 0 Å². The molecule has 88 valence electrons. The number of ketones is 2. The lowest BCUT2D eigenvalue weighted by Crippen LogP contribution is -2.33. The largest absolute Gasteiger partial charge is 0.300 e. The topological polar surface area (TPSA) is 34.1 Å². The zero-order valence-corrected chi connectivity index (χ0v) is 9.89. The molecule has 0 saturated heterocycles. The van der Waals surface area contributed by atoms with Crippen molar-refractivity contribution in [2.24, 2.45) is 10.8 Å². The second-order valence-electron chi connectivity index (χ2n) is 6.26. The molecule has 0 heterocycles. The first-order chi connectivity index (χ1) is 7.66. The molecule has 0 amide bonds. The molecule has 2 nitrogen and oxygen atoms in total. The first-order valence-corrected chi connectivity index (χ1v) is 6.69. The average molecular weight is 220 g/mol. The van der Waals surface area contributed by atoms with E-state index < -0.39 is 0 Å². The lowest BCUT2D eigenvalue weighted by molar-refractivity contribution is -0.120. The molecule has 0 bridgehead atoms. The summed E-state index contributed by atoms with van der Waals surface area (Å²) in [5, 5.41) is 0. The fourth-order valence-corrected chi connectivity index (χ4v) is 4.67. The third-order valence-electron chi connectivity index (χ3n) is 5.33. The summed E-state index contributed by atoms with van der Waals surface area (Å²) < 4.78 is 0. The molecule has 3 aliphatic carbocycles. The van der Waals surface area contributed by atoms with Gasteiger partial charge in [-0.1, -0.05) is 25.7 Å². The summed E-state index contributed by atoms with van der Waals surface area (Å²) >= 11 is 0. The fraction of sp³-hybridized carbons (Fsp3) is 0.857. The molecule has 0 unspecified atom stereocenters. The third-order valence-corrected chi connectivity index (χ3v) is 5.33. The van der Waals surface area contributed by atoms with Crippen molar-refractivity contribution in [1.82, 2.24) is 0 Å². The molecule has 3 rings (SSSR count). The summed E-state index contributed by atoms with van der Waals surface area (Å²) in [6.45, 7) is 0. The van der Waals surface area contributed by atoms with Crippen LogP contribution in [0.5, 0.6) is 0 Å². The first-order valence-electron chi connectivity index (χ1n) is 6.69. The Kier molecular flexibility index (Phi) is 2.24. The van der Waals surface area contributed by atoms with Gasteiger partial charge in [-0.3, -0.25) is 9.59 Å². The van der Waals surface area contributed by atoms with Crippen LogP contribution in [0.1, 0.15) is 64.2 Å². The Bertz CT molecular complexity index is 293. The molecule has 0 N–H and O–H groups in total. The lowest BCUT2D eigenvalue weighted by Gasteiger charge is -2.41. The van der Waals surface area contributed by atoms with Crippen LogP contribution in [-0.4, -0.2) is 11.6 Å². The maximum absolute atomic E-state index is 11.8. The highest BCUT2D eigenvalue weighted by Gasteiger charge is 2.62. The predicted octanol–water partition coefficient (Wildman–Crippen LogP) is 3.04. The van der Waals surface area contributed by atoms with Crippen molar-refractivity contribution >= 4 is 11.6 Å². The van der Waals surface area contributed by atoms with Crippen molar-refractivity contribution in [3.63, 3.8) is 0 Å². The van der Waals surface area contributed by atoms with Crippen LogP contribution >= 0.6 is 0 Å². The number of hydrogen-bond donors (Lipinski definition) is 0. The smallest absolute Gasteiger partial charge is 0.134 e. The average Bonchev–Trinajstić information content (AvgIpc) is 2.52. The zero-order chi connectivity index (χ0) is 11.2. The van der Waals surface area contributed by atoms with Gasteiger partial charge in [0, 0.05) is 25.7 Å². The van der Waals surface area contributed by atoms with E-state index in [1.165, 1.54) is 25.7 Å². The maximum atomic E-state index is 11.8. The van der Waals surface area contributed by atoms with E-state index in [0.29, 0.717) is 37.2 Å². The highest BCUT2D eigenvalue weighted by Crippen LogP contribution is 2.65. The van der Waals surface area contributed by atoms with Gasteiger partial charge in [-0.2, -0.15) is 0 Å². The van der Waals surface area contributed by atoms with E-state index in [1.807, 2.05) is 0 Å². The molecule has 3 saturated carbocycles. The molecule has 3 fully saturated rings. The lowest BCUT2D eigenvalue weighted by atomic mass is 9.62. The molecule has 3 aliphatic rings. The van der Waals surface area contributed by atoms with Crippen molar-refractivity contribution < 1.29 is 9.59 Å². The van der Waals surface area contributed by atoms with Crippen LogP contribution in [0, 0.1) is 10.8 Å². The molecule has 0 spiro atoms. The van der Waals surface area contributed by atoms with Gasteiger partial charge in [0.25, 0.3) is 0 Å². The van der Waals surface area contributed by atoms with E-state index in [2.05, 4.69) is 0 Å². The van der Waals surface area contributed by atoms with Crippen LogP contribution in [0.15, 0.2) is 0 Å². The summed E-state index contributed by atoms with van der Waals surface area (Å²) in [7, 11) is 0. The van der Waals surface area contributed by atoms with Crippen molar-refractivity contribution in [3.05, 3.63) is 0 Å². The normalized spacial score (nSPS) is 43.8. The molecule has 2 heteroatoms. The van der Waals surface area contributed by atoms with Crippen LogP contribution in [0.3, 0.4) is 0 Å². The molecule has 0 aromatic rings. The minimum atomic E-state index is 0.0988. The minimum absolute atomic E-state index is 0.0988. The zero-order valence-electron chi connectivity index (χ0n) is 9.89. The molecule has 0 aromatic carbocycles. The van der Waals surface area contributed by atoms with Gasteiger partial charge in [-0.05, 0) is 23.7 Å².